The number of rotatable bonds is 7. The molecule has 3 aliphatic rings. The van der Waals surface area contributed by atoms with Crippen LogP contribution in [0.2, 0.25) is 0 Å². The summed E-state index contributed by atoms with van der Waals surface area (Å²) in [4.78, 5) is 17.9. The maximum absolute atomic E-state index is 14.1. The number of anilines is 2. The number of ether oxygens (including phenoxy) is 1. The molecule has 6 rings (SSSR count). The van der Waals surface area contributed by atoms with Gasteiger partial charge in [0.25, 0.3) is 12.3 Å². The molecule has 2 saturated heterocycles. The Balaban J connectivity index is 1.20. The number of morpholine rings is 1. The van der Waals surface area contributed by atoms with E-state index in [0.29, 0.717) is 86.5 Å². The number of piperidine rings is 1. The Bertz CT molecular complexity index is 1300. The molecule has 0 unspecified atom stereocenters. The molecular formula is C28H35F4N7O. The zero-order valence-electron chi connectivity index (χ0n) is 22.4. The van der Waals surface area contributed by atoms with Gasteiger partial charge in [0.2, 0.25) is 5.95 Å². The van der Waals surface area contributed by atoms with E-state index in [0.717, 1.165) is 25.7 Å². The second-order valence-corrected chi connectivity index (χ2v) is 11.0. The van der Waals surface area contributed by atoms with E-state index in [9.17, 15) is 17.6 Å². The van der Waals surface area contributed by atoms with E-state index in [1.165, 1.54) is 4.57 Å². The number of alkyl halides is 4. The third-order valence-corrected chi connectivity index (χ3v) is 8.46. The highest BCUT2D eigenvalue weighted by Crippen LogP contribution is 2.34. The molecule has 12 heteroatoms. The Kier molecular flexibility index (Phi) is 7.80. The zero-order chi connectivity index (χ0) is 27.7. The molecule has 0 spiro atoms. The molecule has 1 N–H and O–H groups in total. The van der Waals surface area contributed by atoms with E-state index in [-0.39, 0.29) is 18.7 Å². The van der Waals surface area contributed by atoms with Crippen molar-refractivity contribution in [3.05, 3.63) is 36.2 Å². The number of likely N-dealkylation sites (tertiary alicyclic amines) is 1. The Hall–Kier alpha value is -2.99. The van der Waals surface area contributed by atoms with E-state index in [1.807, 2.05) is 0 Å². The highest BCUT2D eigenvalue weighted by atomic mass is 19.3. The molecule has 40 heavy (non-hydrogen) atoms. The topological polar surface area (TPSA) is 71.3 Å². The van der Waals surface area contributed by atoms with E-state index in [2.05, 4.69) is 25.1 Å². The van der Waals surface area contributed by atoms with E-state index in [4.69, 9.17) is 9.72 Å². The van der Waals surface area contributed by atoms with Crippen molar-refractivity contribution in [3.8, 4) is 5.82 Å². The lowest BCUT2D eigenvalue weighted by molar-refractivity contribution is -0.0665. The predicted octanol–water partition coefficient (Wildman–Crippen LogP) is 5.29. The van der Waals surface area contributed by atoms with Gasteiger partial charge in [-0.25, -0.2) is 22.5 Å². The van der Waals surface area contributed by atoms with Crippen molar-refractivity contribution in [2.24, 2.45) is 5.92 Å². The standard InChI is InChI=1S/C28H35F4N7O/c29-25(30)26-34-21-3-1-2-4-22(21)39(26)24-17-23(38-13-15-40-16-14-38)35-27(36-24)33-18-19-5-7-20(8-6-19)37-11-9-28(31,32)10-12-37/h1-4,17,19-20,25H,5-16,18H2,(H,33,35,36). The molecule has 0 atom stereocenters. The lowest BCUT2D eigenvalue weighted by Crippen LogP contribution is -2.46. The summed E-state index contributed by atoms with van der Waals surface area (Å²) in [6.07, 6.45) is 1.07. The molecule has 1 aromatic carbocycles. The SMILES string of the molecule is FC(F)c1nc2ccccc2n1-c1cc(N2CCOCC2)nc(NCC2CCC(N3CCC(F)(F)CC3)CC2)n1. The fourth-order valence-electron chi connectivity index (χ4n) is 6.17. The molecule has 0 amide bonds. The average Bonchev–Trinajstić information content (AvgIpc) is 3.37. The number of benzene rings is 1. The highest BCUT2D eigenvalue weighted by Gasteiger charge is 2.37. The number of hydrogen-bond acceptors (Lipinski definition) is 7. The Labute approximate surface area is 230 Å². The summed E-state index contributed by atoms with van der Waals surface area (Å²) in [5.41, 5.74) is 1.04. The molecule has 2 aliphatic heterocycles. The number of nitrogens with zero attached hydrogens (tertiary/aromatic N) is 6. The van der Waals surface area contributed by atoms with Crippen LogP contribution < -0.4 is 10.2 Å². The van der Waals surface area contributed by atoms with Gasteiger partial charge in [-0.3, -0.25) is 9.47 Å². The van der Waals surface area contributed by atoms with Crippen LogP contribution in [0.25, 0.3) is 16.9 Å². The molecule has 4 heterocycles. The van der Waals surface area contributed by atoms with Crippen molar-refractivity contribution in [1.29, 1.82) is 0 Å². The van der Waals surface area contributed by atoms with Gasteiger partial charge in [-0.1, -0.05) is 12.1 Å². The summed E-state index contributed by atoms with van der Waals surface area (Å²) in [6.45, 7) is 4.02. The third-order valence-electron chi connectivity index (χ3n) is 8.46. The zero-order valence-corrected chi connectivity index (χ0v) is 22.4. The second-order valence-electron chi connectivity index (χ2n) is 11.0. The van der Waals surface area contributed by atoms with Crippen LogP contribution in [0.15, 0.2) is 30.3 Å². The molecule has 8 nitrogen and oxygen atoms in total. The average molecular weight is 562 g/mol. The van der Waals surface area contributed by atoms with Gasteiger partial charge in [0.1, 0.15) is 11.6 Å². The molecule has 216 valence electrons. The van der Waals surface area contributed by atoms with Gasteiger partial charge >= 0.3 is 0 Å². The lowest BCUT2D eigenvalue weighted by Gasteiger charge is -2.40. The molecule has 1 saturated carbocycles. The first-order valence-electron chi connectivity index (χ1n) is 14.2. The number of nitrogens with one attached hydrogen (secondary N) is 1. The number of halogens is 4. The molecule has 1 aliphatic carbocycles. The van der Waals surface area contributed by atoms with Gasteiger partial charge in [0.15, 0.2) is 5.82 Å². The minimum absolute atomic E-state index is 0.0485. The first-order valence-corrected chi connectivity index (χ1v) is 14.2. The second kappa shape index (κ2) is 11.5. The first kappa shape index (κ1) is 27.2. The quantitative estimate of drug-likeness (QED) is 0.393. The molecule has 3 aromatic rings. The Morgan fingerprint density at radius 3 is 2.35 bits per heavy atom. The van der Waals surface area contributed by atoms with Crippen LogP contribution in [0.4, 0.5) is 29.3 Å². The van der Waals surface area contributed by atoms with Gasteiger partial charge in [0.05, 0.1) is 24.2 Å². The van der Waals surface area contributed by atoms with E-state index in [1.54, 1.807) is 30.3 Å². The molecule has 3 fully saturated rings. The molecule has 2 aromatic heterocycles. The van der Waals surface area contributed by atoms with Crippen molar-refractivity contribution in [2.45, 2.75) is 56.9 Å². The van der Waals surface area contributed by atoms with Crippen molar-refractivity contribution >= 4 is 22.8 Å². The highest BCUT2D eigenvalue weighted by molar-refractivity contribution is 5.78. The van der Waals surface area contributed by atoms with E-state index < -0.39 is 12.3 Å². The van der Waals surface area contributed by atoms with Crippen LogP contribution in [0, 0.1) is 5.92 Å². The summed E-state index contributed by atoms with van der Waals surface area (Å²) >= 11 is 0. The predicted molar refractivity (Wildman–Crippen MR) is 145 cm³/mol. The number of imidazole rings is 1. The number of hydrogen-bond donors (Lipinski definition) is 1. The third kappa shape index (κ3) is 5.88. The van der Waals surface area contributed by atoms with Crippen LogP contribution >= 0.6 is 0 Å². The van der Waals surface area contributed by atoms with E-state index >= 15 is 0 Å². The van der Waals surface area contributed by atoms with Crippen LogP contribution in [0.5, 0.6) is 0 Å². The van der Waals surface area contributed by atoms with Gasteiger partial charge < -0.3 is 15.0 Å². The van der Waals surface area contributed by atoms with Crippen molar-refractivity contribution in [1.82, 2.24) is 24.4 Å². The summed E-state index contributed by atoms with van der Waals surface area (Å²) in [5, 5.41) is 3.38. The van der Waals surface area contributed by atoms with Gasteiger partial charge in [0, 0.05) is 57.7 Å². The fraction of sp³-hybridized carbons (Fsp3) is 0.607. The largest absolute Gasteiger partial charge is 0.378 e. The summed E-state index contributed by atoms with van der Waals surface area (Å²) < 4.78 is 62.3. The smallest absolute Gasteiger partial charge is 0.296 e. The fourth-order valence-corrected chi connectivity index (χ4v) is 6.17. The number of aromatic nitrogens is 4. The van der Waals surface area contributed by atoms with Gasteiger partial charge in [-0.2, -0.15) is 9.97 Å². The Morgan fingerprint density at radius 1 is 0.925 bits per heavy atom. The maximum Gasteiger partial charge on any atom is 0.296 e. The maximum atomic E-state index is 14.1. The normalized spacial score (nSPS) is 24.1. The van der Waals surface area contributed by atoms with Crippen molar-refractivity contribution in [3.63, 3.8) is 0 Å². The minimum Gasteiger partial charge on any atom is -0.378 e. The summed E-state index contributed by atoms with van der Waals surface area (Å²) in [5.74, 6) is -1.10. The van der Waals surface area contributed by atoms with Crippen LogP contribution in [0.3, 0.4) is 0 Å². The summed E-state index contributed by atoms with van der Waals surface area (Å²) in [6, 6.07) is 9.15. The van der Waals surface area contributed by atoms with Crippen molar-refractivity contribution < 1.29 is 22.3 Å². The minimum atomic E-state index is -2.77. The monoisotopic (exact) mass is 561 g/mol. The Morgan fingerprint density at radius 2 is 1.62 bits per heavy atom. The van der Waals surface area contributed by atoms with Crippen LogP contribution in [0.1, 0.15) is 50.8 Å². The van der Waals surface area contributed by atoms with Gasteiger partial charge in [-0.15, -0.1) is 0 Å². The van der Waals surface area contributed by atoms with Gasteiger partial charge in [-0.05, 0) is 43.7 Å². The number of fused-ring (bicyclic) bond motifs is 1. The molecule has 0 bridgehead atoms. The molecular weight excluding hydrogens is 526 g/mol. The first-order chi connectivity index (χ1) is 19.4. The summed E-state index contributed by atoms with van der Waals surface area (Å²) in [7, 11) is 0. The van der Waals surface area contributed by atoms with Crippen LogP contribution in [-0.2, 0) is 4.74 Å². The van der Waals surface area contributed by atoms with Crippen LogP contribution in [-0.4, -0.2) is 82.3 Å². The van der Waals surface area contributed by atoms with Crippen molar-refractivity contribution in [2.75, 3.05) is 56.2 Å². The molecule has 0 radical (unpaired) electrons. The number of para-hydroxylation sites is 2. The lowest BCUT2D eigenvalue weighted by atomic mass is 9.84.